The molecule has 6 nitrogen and oxygen atoms in total. The predicted molar refractivity (Wildman–Crippen MR) is 159 cm³/mol. The van der Waals surface area contributed by atoms with Gasteiger partial charge in [-0.1, -0.05) is 60.2 Å². The number of carbonyl (C=O) groups is 3. The maximum absolute atomic E-state index is 14.7. The number of fused-ring (bicyclic) bond motifs is 5. The van der Waals surface area contributed by atoms with Crippen LogP contribution in [0.3, 0.4) is 0 Å². The number of halogens is 1. The molecule has 1 fully saturated rings. The fourth-order valence-electron chi connectivity index (χ4n) is 6.93. The topological polar surface area (TPSA) is 72.9 Å². The number of ether oxygens (including phenoxy) is 2. The lowest BCUT2D eigenvalue weighted by atomic mass is 9.64. The second kappa shape index (κ2) is 9.43. The van der Waals surface area contributed by atoms with Gasteiger partial charge in [0.2, 0.25) is 0 Å². The number of ketones is 3. The lowest BCUT2D eigenvalue weighted by molar-refractivity contribution is 0.0666. The summed E-state index contributed by atoms with van der Waals surface area (Å²) in [5, 5.41) is 2.41. The highest BCUT2D eigenvalue weighted by molar-refractivity contribution is 7.12. The van der Waals surface area contributed by atoms with Crippen LogP contribution < -0.4 is 14.4 Å². The number of benzene rings is 3. The third-order valence-electron chi connectivity index (χ3n) is 8.57. The molecule has 41 heavy (non-hydrogen) atoms. The lowest BCUT2D eigenvalue weighted by Crippen LogP contribution is -2.48. The summed E-state index contributed by atoms with van der Waals surface area (Å²) < 4.78 is 11.1. The first kappa shape index (κ1) is 25.7. The fourth-order valence-corrected chi connectivity index (χ4v) is 7.81. The van der Waals surface area contributed by atoms with E-state index in [1.54, 1.807) is 55.6 Å². The zero-order valence-electron chi connectivity index (χ0n) is 22.2. The summed E-state index contributed by atoms with van der Waals surface area (Å²) in [6.45, 7) is 0. The monoisotopic (exact) mass is 581 g/mol. The standard InChI is InChI=1S/C33H24ClNO5S/c1-39-24-13-9-19(17-25(24)40-2)28-29(30(36)26-8-5-15-41-26)35-23-12-11-20(34)16-18(23)10-14-27(35)33(28)31(37)21-6-3-4-7-22(21)32(33)38/h3-17,27-29H,1-2H3/t27?,28-,29+/m1/s1. The van der Waals surface area contributed by atoms with Crippen LogP contribution in [-0.2, 0) is 0 Å². The molecule has 0 radical (unpaired) electrons. The zero-order valence-corrected chi connectivity index (χ0v) is 23.7. The summed E-state index contributed by atoms with van der Waals surface area (Å²) in [5.74, 6) is -0.595. The number of nitrogens with zero attached hydrogens (tertiary/aromatic N) is 1. The Morgan fingerprint density at radius 3 is 2.29 bits per heavy atom. The molecule has 7 rings (SSSR count). The second-order valence-electron chi connectivity index (χ2n) is 10.4. The van der Waals surface area contributed by atoms with Gasteiger partial charge in [0.1, 0.15) is 11.5 Å². The number of Topliss-reactive ketones (excluding diaryl/α,β-unsaturated/α-hetero) is 3. The predicted octanol–water partition coefficient (Wildman–Crippen LogP) is 6.74. The molecule has 204 valence electrons. The van der Waals surface area contributed by atoms with Gasteiger partial charge in [0.25, 0.3) is 0 Å². The average molecular weight is 582 g/mol. The van der Waals surface area contributed by atoms with E-state index < -0.39 is 23.4 Å². The molecule has 1 saturated heterocycles. The number of methoxy groups -OCH3 is 2. The molecule has 1 aliphatic carbocycles. The average Bonchev–Trinajstić information content (AvgIpc) is 3.70. The van der Waals surface area contributed by atoms with E-state index in [1.807, 2.05) is 46.7 Å². The summed E-state index contributed by atoms with van der Waals surface area (Å²) in [7, 11) is 3.08. The molecule has 0 amide bonds. The van der Waals surface area contributed by atoms with E-state index in [2.05, 4.69) is 0 Å². The van der Waals surface area contributed by atoms with Gasteiger partial charge in [-0.3, -0.25) is 14.4 Å². The van der Waals surface area contributed by atoms with Crippen LogP contribution in [0.4, 0.5) is 5.69 Å². The van der Waals surface area contributed by atoms with Crippen LogP contribution in [0.25, 0.3) is 6.08 Å². The van der Waals surface area contributed by atoms with Crippen molar-refractivity contribution in [3.63, 3.8) is 0 Å². The minimum Gasteiger partial charge on any atom is -0.493 e. The van der Waals surface area contributed by atoms with Crippen molar-refractivity contribution in [2.75, 3.05) is 19.1 Å². The van der Waals surface area contributed by atoms with Gasteiger partial charge < -0.3 is 14.4 Å². The van der Waals surface area contributed by atoms with Crippen molar-refractivity contribution < 1.29 is 23.9 Å². The van der Waals surface area contributed by atoms with Crippen molar-refractivity contribution in [1.82, 2.24) is 0 Å². The molecule has 8 heteroatoms. The molecule has 3 heterocycles. The summed E-state index contributed by atoms with van der Waals surface area (Å²) in [6, 6.07) is 19.8. The highest BCUT2D eigenvalue weighted by Crippen LogP contribution is 2.61. The van der Waals surface area contributed by atoms with Gasteiger partial charge in [-0.15, -0.1) is 11.3 Å². The molecule has 1 aromatic heterocycles. The van der Waals surface area contributed by atoms with Gasteiger partial charge in [-0.25, -0.2) is 0 Å². The number of carbonyl (C=O) groups excluding carboxylic acids is 3. The van der Waals surface area contributed by atoms with E-state index in [1.165, 1.54) is 18.4 Å². The van der Waals surface area contributed by atoms with Gasteiger partial charge in [0, 0.05) is 27.8 Å². The molecule has 0 N–H and O–H groups in total. The maximum atomic E-state index is 14.7. The quantitative estimate of drug-likeness (QED) is 0.192. The van der Waals surface area contributed by atoms with E-state index in [-0.39, 0.29) is 17.3 Å². The normalized spacial score (nSPS) is 21.5. The third-order valence-corrected chi connectivity index (χ3v) is 9.68. The Hall–Kier alpha value is -4.20. The fraction of sp³-hybridized carbons (Fsp3) is 0.182. The smallest absolute Gasteiger partial charge is 0.195 e. The minimum atomic E-state index is -1.59. The summed E-state index contributed by atoms with van der Waals surface area (Å²) in [4.78, 5) is 46.5. The van der Waals surface area contributed by atoms with Gasteiger partial charge in [0.05, 0.1) is 25.1 Å². The van der Waals surface area contributed by atoms with Crippen LogP contribution in [0.5, 0.6) is 11.5 Å². The second-order valence-corrected chi connectivity index (χ2v) is 11.7. The maximum Gasteiger partial charge on any atom is 0.195 e. The lowest BCUT2D eigenvalue weighted by Gasteiger charge is -2.37. The summed E-state index contributed by atoms with van der Waals surface area (Å²) in [5.41, 5.74) is 1.37. The number of anilines is 1. The number of rotatable bonds is 5. The van der Waals surface area contributed by atoms with Crippen LogP contribution in [-0.4, -0.2) is 43.7 Å². The van der Waals surface area contributed by atoms with Crippen LogP contribution >= 0.6 is 22.9 Å². The Kier molecular flexibility index (Phi) is 5.92. The molecule has 4 aromatic rings. The van der Waals surface area contributed by atoms with E-state index in [9.17, 15) is 14.4 Å². The van der Waals surface area contributed by atoms with E-state index in [4.69, 9.17) is 21.1 Å². The Bertz CT molecular complexity index is 1740. The van der Waals surface area contributed by atoms with Crippen molar-refractivity contribution in [1.29, 1.82) is 0 Å². The van der Waals surface area contributed by atoms with Crippen LogP contribution in [0.1, 0.15) is 47.4 Å². The molecular formula is C33H24ClNO5S. The SMILES string of the molecule is COc1ccc([C@@H]2[C@@H](C(=O)c3cccs3)N3c4ccc(Cl)cc4C=CC3C23C(=O)c2ccccc2C3=O)cc1OC. The molecule has 3 aromatic carbocycles. The van der Waals surface area contributed by atoms with Crippen molar-refractivity contribution in [3.05, 3.63) is 116 Å². The van der Waals surface area contributed by atoms with Gasteiger partial charge in [0.15, 0.2) is 28.8 Å². The molecular weight excluding hydrogens is 558 g/mol. The molecule has 2 aliphatic heterocycles. The highest BCUT2D eigenvalue weighted by Gasteiger charge is 2.71. The van der Waals surface area contributed by atoms with Crippen molar-refractivity contribution in [2.24, 2.45) is 5.41 Å². The van der Waals surface area contributed by atoms with Crippen molar-refractivity contribution >= 4 is 52.1 Å². The first-order valence-corrected chi connectivity index (χ1v) is 14.4. The van der Waals surface area contributed by atoms with Gasteiger partial charge in [-0.2, -0.15) is 0 Å². The number of hydrogen-bond acceptors (Lipinski definition) is 7. The molecule has 0 saturated carbocycles. The molecule has 1 unspecified atom stereocenters. The van der Waals surface area contributed by atoms with Crippen LogP contribution in [0, 0.1) is 5.41 Å². The molecule has 3 atom stereocenters. The molecule has 1 spiro atoms. The van der Waals surface area contributed by atoms with Gasteiger partial charge >= 0.3 is 0 Å². The molecule has 3 aliphatic rings. The van der Waals surface area contributed by atoms with Crippen LogP contribution in [0.2, 0.25) is 5.02 Å². The summed E-state index contributed by atoms with van der Waals surface area (Å²) in [6.07, 6.45) is 3.78. The first-order valence-electron chi connectivity index (χ1n) is 13.2. The Balaban J connectivity index is 1.56. The number of hydrogen-bond donors (Lipinski definition) is 0. The molecule has 0 bridgehead atoms. The van der Waals surface area contributed by atoms with Crippen LogP contribution in [0.15, 0.2) is 84.3 Å². The summed E-state index contributed by atoms with van der Waals surface area (Å²) >= 11 is 7.70. The minimum absolute atomic E-state index is 0.158. The van der Waals surface area contributed by atoms with E-state index in [0.717, 1.165) is 11.3 Å². The Morgan fingerprint density at radius 2 is 1.63 bits per heavy atom. The van der Waals surface area contributed by atoms with Crippen molar-refractivity contribution in [2.45, 2.75) is 18.0 Å². The Labute approximate surface area is 245 Å². The van der Waals surface area contributed by atoms with Crippen molar-refractivity contribution in [3.8, 4) is 11.5 Å². The largest absolute Gasteiger partial charge is 0.493 e. The van der Waals surface area contributed by atoms with Gasteiger partial charge in [-0.05, 0) is 52.9 Å². The van der Waals surface area contributed by atoms with E-state index >= 15 is 0 Å². The highest BCUT2D eigenvalue weighted by atomic mass is 35.5. The Morgan fingerprint density at radius 1 is 0.902 bits per heavy atom. The zero-order chi connectivity index (χ0) is 28.5. The number of thiophene rings is 1. The first-order chi connectivity index (χ1) is 19.9. The van der Waals surface area contributed by atoms with E-state index in [0.29, 0.717) is 38.1 Å². The third kappa shape index (κ3) is 3.46.